The van der Waals surface area contributed by atoms with Crippen LogP contribution in [0.15, 0.2) is 0 Å². The predicted molar refractivity (Wildman–Crippen MR) is 118 cm³/mol. The van der Waals surface area contributed by atoms with Gasteiger partial charge in [-0.1, -0.05) is 0 Å². The Morgan fingerprint density at radius 3 is 0.719 bits per heavy atom. The topological polar surface area (TPSA) is 185 Å². The Kier molecular flexibility index (Phi) is 28.0. The number of hydrogen-bond donors (Lipinski definition) is 6. The van der Waals surface area contributed by atoms with E-state index in [4.69, 9.17) is 44.7 Å². The molecule has 0 aliphatic carbocycles. The van der Waals surface area contributed by atoms with Gasteiger partial charge in [0.25, 0.3) is 0 Å². The molecule has 0 rings (SSSR count). The van der Waals surface area contributed by atoms with Gasteiger partial charge in [0, 0.05) is 87.3 Å². The van der Waals surface area contributed by atoms with Gasteiger partial charge < -0.3 is 53.7 Å². The van der Waals surface area contributed by atoms with Crippen molar-refractivity contribution < 1.29 is 53.7 Å². The Bertz CT molecular complexity index is 330. The van der Waals surface area contributed by atoms with E-state index in [0.717, 1.165) is 86.8 Å². The summed E-state index contributed by atoms with van der Waals surface area (Å²) in [5, 5.41) is 52.6. The van der Waals surface area contributed by atoms with Gasteiger partial charge >= 0.3 is 0 Å². The normalized spacial score (nSPS) is 11.2. The van der Waals surface area contributed by atoms with E-state index in [1.54, 1.807) is 0 Å². The summed E-state index contributed by atoms with van der Waals surface area (Å²) in [4.78, 5) is 17.0. The predicted octanol–water partition coefficient (Wildman–Crippen LogP) is -3.72. The SMILES string of the molecule is C[N+](CCCO)(CCCO)CCCO.C[N+](CCCO)(CCCO)CCCO.O=[Si]([O-])[O-]. The van der Waals surface area contributed by atoms with Crippen LogP contribution in [-0.2, 0) is 4.46 Å². The second-order valence-corrected chi connectivity index (χ2v) is 8.79. The number of quaternary nitrogens is 2. The Labute approximate surface area is 194 Å². The summed E-state index contributed by atoms with van der Waals surface area (Å²) in [6, 6.07) is 0. The molecular weight excluding hydrogens is 440 g/mol. The summed E-state index contributed by atoms with van der Waals surface area (Å²) in [6.07, 6.45) is 4.71. The zero-order chi connectivity index (χ0) is 25.3. The van der Waals surface area contributed by atoms with Crippen LogP contribution in [0.25, 0.3) is 0 Å². The summed E-state index contributed by atoms with van der Waals surface area (Å²) in [7, 11) is 0.595. The molecule has 0 unspecified atom stereocenters. The third-order valence-electron chi connectivity index (χ3n) is 5.14. The molecule has 0 saturated heterocycles. The first-order chi connectivity index (χ1) is 15.1. The zero-order valence-corrected chi connectivity index (χ0v) is 21.0. The highest BCUT2D eigenvalue weighted by molar-refractivity contribution is 6.17. The number of hydrogen-bond acceptors (Lipinski definition) is 9. The van der Waals surface area contributed by atoms with E-state index in [0.29, 0.717) is 0 Å². The molecule has 0 amide bonds. The summed E-state index contributed by atoms with van der Waals surface area (Å²) >= 11 is 0. The zero-order valence-electron chi connectivity index (χ0n) is 20.0. The lowest BCUT2D eigenvalue weighted by Gasteiger charge is -2.34. The van der Waals surface area contributed by atoms with Gasteiger partial charge in [-0.2, -0.15) is 0 Å². The van der Waals surface area contributed by atoms with Gasteiger partial charge in [0.15, 0.2) is 0 Å². The van der Waals surface area contributed by atoms with Crippen molar-refractivity contribution in [2.45, 2.75) is 38.5 Å². The van der Waals surface area contributed by atoms with Crippen molar-refractivity contribution in [1.82, 2.24) is 0 Å². The van der Waals surface area contributed by atoms with E-state index in [2.05, 4.69) is 14.1 Å². The van der Waals surface area contributed by atoms with Gasteiger partial charge in [0.05, 0.1) is 53.4 Å². The number of rotatable bonds is 18. The molecule has 0 aromatic heterocycles. The molecule has 11 nitrogen and oxygen atoms in total. The molecule has 0 spiro atoms. The summed E-state index contributed by atoms with van der Waals surface area (Å²) in [5.74, 6) is 0. The van der Waals surface area contributed by atoms with Crippen molar-refractivity contribution in [2.75, 3.05) is 93.0 Å². The fraction of sp³-hybridized carbons (Fsp3) is 1.00. The Morgan fingerprint density at radius 2 is 0.625 bits per heavy atom. The van der Waals surface area contributed by atoms with Crippen LogP contribution in [0, 0.1) is 0 Å². The van der Waals surface area contributed by atoms with Crippen molar-refractivity contribution in [1.29, 1.82) is 0 Å². The first-order valence-electron chi connectivity index (χ1n) is 11.3. The third kappa shape index (κ3) is 27.3. The minimum atomic E-state index is -3.63. The van der Waals surface area contributed by atoms with Crippen LogP contribution >= 0.6 is 0 Å². The maximum atomic E-state index is 8.77. The van der Waals surface area contributed by atoms with E-state index in [1.807, 2.05) is 0 Å². The van der Waals surface area contributed by atoms with Crippen LogP contribution < -0.4 is 9.59 Å². The quantitative estimate of drug-likeness (QED) is 0.0834. The van der Waals surface area contributed by atoms with Crippen LogP contribution in [0.3, 0.4) is 0 Å². The molecule has 12 heteroatoms. The van der Waals surface area contributed by atoms with E-state index in [9.17, 15) is 0 Å². The van der Waals surface area contributed by atoms with E-state index >= 15 is 0 Å². The van der Waals surface area contributed by atoms with Crippen LogP contribution in [0.2, 0.25) is 0 Å². The lowest BCUT2D eigenvalue weighted by atomic mass is 10.2. The first-order valence-corrected chi connectivity index (χ1v) is 12.5. The van der Waals surface area contributed by atoms with E-state index < -0.39 is 9.17 Å². The van der Waals surface area contributed by atoms with Gasteiger partial charge in [0.1, 0.15) is 0 Å². The van der Waals surface area contributed by atoms with Crippen molar-refractivity contribution in [3.8, 4) is 0 Å². The van der Waals surface area contributed by atoms with Crippen molar-refractivity contribution in [3.63, 3.8) is 0 Å². The molecule has 0 bridgehead atoms. The summed E-state index contributed by atoms with van der Waals surface area (Å²) in [6.45, 7) is 6.77. The molecule has 0 saturated carbocycles. The van der Waals surface area contributed by atoms with Gasteiger partial charge in [0.2, 0.25) is 0 Å². The molecule has 0 aliphatic heterocycles. The molecule has 196 valence electrons. The summed E-state index contributed by atoms with van der Waals surface area (Å²) < 4.78 is 10.2. The summed E-state index contributed by atoms with van der Waals surface area (Å²) in [5.41, 5.74) is 0. The van der Waals surface area contributed by atoms with Crippen molar-refractivity contribution in [3.05, 3.63) is 0 Å². The minimum absolute atomic E-state index is 0.214. The van der Waals surface area contributed by atoms with E-state index in [1.165, 1.54) is 0 Å². The molecule has 0 aromatic rings. The van der Waals surface area contributed by atoms with Gasteiger partial charge in [-0.05, 0) is 0 Å². The van der Waals surface area contributed by atoms with Crippen LogP contribution in [0.1, 0.15) is 38.5 Å². The van der Waals surface area contributed by atoms with Crippen LogP contribution in [0.5, 0.6) is 0 Å². The molecule has 0 atom stereocenters. The fourth-order valence-electron chi connectivity index (χ4n) is 3.39. The largest absolute Gasteiger partial charge is 0.672 e. The Morgan fingerprint density at radius 1 is 0.500 bits per heavy atom. The lowest BCUT2D eigenvalue weighted by Crippen LogP contribution is -2.47. The Hall–Kier alpha value is -0.703. The molecule has 0 fully saturated rings. The Balaban J connectivity index is -0.000000450. The molecule has 32 heavy (non-hydrogen) atoms. The minimum Gasteiger partial charge on any atom is -0.672 e. The standard InChI is InChI=1S/2C10H24NO3.O3Si/c2*1-11(5-2-8-12,6-3-9-13)7-4-10-14;1-4(2)3/h2*12-14H,2-10H2,1H3;/q2*+1;-2. The average Bonchev–Trinajstić information content (AvgIpc) is 2.76. The smallest absolute Gasteiger partial charge is 0.0806 e. The number of aliphatic hydroxyl groups excluding tert-OH is 6. The average molecular weight is 489 g/mol. The third-order valence-corrected chi connectivity index (χ3v) is 5.14. The first kappa shape index (κ1) is 35.9. The molecule has 0 radical (unpaired) electrons. The lowest BCUT2D eigenvalue weighted by molar-refractivity contribution is -0.910. The molecule has 6 N–H and O–H groups in total. The second-order valence-electron chi connectivity index (χ2n) is 8.29. The highest BCUT2D eigenvalue weighted by atomic mass is 28.3. The molecule has 0 heterocycles. The number of nitrogens with zero attached hydrogens (tertiary/aromatic N) is 2. The monoisotopic (exact) mass is 488 g/mol. The molecule has 0 aliphatic rings. The maximum Gasteiger partial charge on any atom is 0.0806 e. The highest BCUT2D eigenvalue weighted by Gasteiger charge is 2.20. The molecular formula is C20H48N2O9Si. The van der Waals surface area contributed by atoms with Gasteiger partial charge in [-0.3, -0.25) is 0 Å². The van der Waals surface area contributed by atoms with E-state index in [-0.39, 0.29) is 39.6 Å². The maximum absolute atomic E-state index is 8.77. The number of aliphatic hydroxyl groups is 6. The van der Waals surface area contributed by atoms with Crippen molar-refractivity contribution in [2.24, 2.45) is 0 Å². The second kappa shape index (κ2) is 24.9. The van der Waals surface area contributed by atoms with Gasteiger partial charge in [-0.15, -0.1) is 0 Å². The molecule has 0 aromatic carbocycles. The fourth-order valence-corrected chi connectivity index (χ4v) is 3.39. The van der Waals surface area contributed by atoms with Crippen molar-refractivity contribution >= 4 is 9.17 Å². The van der Waals surface area contributed by atoms with Crippen LogP contribution in [-0.4, -0.2) is 142 Å². The van der Waals surface area contributed by atoms with Gasteiger partial charge in [-0.25, -0.2) is 0 Å². The van der Waals surface area contributed by atoms with Crippen LogP contribution in [0.4, 0.5) is 0 Å². The highest BCUT2D eigenvalue weighted by Crippen LogP contribution is 2.08.